The Kier molecular flexibility index (Phi) is 5.66. The summed E-state index contributed by atoms with van der Waals surface area (Å²) in [6.45, 7) is 1.95. The minimum atomic E-state index is -0.629. The number of hydrogen-bond acceptors (Lipinski definition) is 7. The smallest absolute Gasteiger partial charge is 0.338 e. The Morgan fingerprint density at radius 2 is 1.80 bits per heavy atom. The van der Waals surface area contributed by atoms with E-state index in [2.05, 4.69) is 5.32 Å². The highest BCUT2D eigenvalue weighted by atomic mass is 16.6. The van der Waals surface area contributed by atoms with E-state index < -0.39 is 16.9 Å². The lowest BCUT2D eigenvalue weighted by atomic mass is 9.92. The summed E-state index contributed by atoms with van der Waals surface area (Å²) in [4.78, 5) is 29.0. The number of non-ortho nitro benzene ring substituents is 1. The molecule has 0 saturated heterocycles. The molecule has 0 saturated carbocycles. The second-order valence-corrected chi connectivity index (χ2v) is 7.91. The van der Waals surface area contributed by atoms with Gasteiger partial charge in [0.25, 0.3) is 5.69 Å². The van der Waals surface area contributed by atoms with Gasteiger partial charge >= 0.3 is 5.97 Å². The fourth-order valence-corrected chi connectivity index (χ4v) is 4.34. The lowest BCUT2D eigenvalue weighted by Gasteiger charge is -2.31. The molecule has 9 nitrogen and oxygen atoms in total. The van der Waals surface area contributed by atoms with Crippen molar-refractivity contribution in [1.82, 2.24) is 9.55 Å². The average molecular weight is 470 g/mol. The number of nitrogens with zero attached hydrogens (tertiary/aromatic N) is 3. The van der Waals surface area contributed by atoms with Gasteiger partial charge in [-0.2, -0.15) is 0 Å². The maximum Gasteiger partial charge on any atom is 0.338 e. The summed E-state index contributed by atoms with van der Waals surface area (Å²) in [5.41, 5.74) is 3.90. The summed E-state index contributed by atoms with van der Waals surface area (Å²) in [5, 5.41) is 14.6. The number of hydrogen-bond donors (Lipinski definition) is 1. The fourth-order valence-electron chi connectivity index (χ4n) is 4.34. The van der Waals surface area contributed by atoms with Gasteiger partial charge in [0.1, 0.15) is 5.75 Å². The van der Waals surface area contributed by atoms with Gasteiger partial charge in [-0.25, -0.2) is 9.78 Å². The molecule has 1 N–H and O–H groups in total. The number of para-hydroxylation sites is 2. The zero-order valence-corrected chi connectivity index (χ0v) is 19.1. The third-order valence-electron chi connectivity index (χ3n) is 5.93. The molecule has 9 heteroatoms. The predicted octanol–water partition coefficient (Wildman–Crippen LogP) is 4.94. The highest BCUT2D eigenvalue weighted by molar-refractivity contribution is 6.03. The molecule has 1 atom stereocenters. The quantitative estimate of drug-likeness (QED) is 0.241. The SMILES string of the molecule is CCOC(=O)C1=C(c2ccc(OC)cc2)Nc2nc3ccccc3n2C1c1ccc([N+](=O)[O-])cc1. The van der Waals surface area contributed by atoms with Gasteiger partial charge in [-0.15, -0.1) is 0 Å². The molecule has 0 aliphatic carbocycles. The van der Waals surface area contributed by atoms with Crippen molar-refractivity contribution in [3.8, 4) is 5.75 Å². The molecule has 1 aromatic heterocycles. The molecule has 35 heavy (non-hydrogen) atoms. The van der Waals surface area contributed by atoms with Crippen LogP contribution in [-0.2, 0) is 9.53 Å². The van der Waals surface area contributed by atoms with Crippen LogP contribution >= 0.6 is 0 Å². The number of imidazole rings is 1. The van der Waals surface area contributed by atoms with Gasteiger partial charge in [0.05, 0.1) is 47.0 Å². The van der Waals surface area contributed by atoms with Crippen LogP contribution in [0.2, 0.25) is 0 Å². The van der Waals surface area contributed by atoms with Gasteiger partial charge in [-0.3, -0.25) is 14.7 Å². The molecule has 5 rings (SSSR count). The van der Waals surface area contributed by atoms with Crippen molar-refractivity contribution < 1.29 is 19.2 Å². The standard InChI is InChI=1S/C26H22N4O5/c1-3-35-25(31)22-23(16-10-14-19(34-2)15-11-16)28-26-27-20-6-4-5-7-21(20)29(26)24(22)17-8-12-18(13-9-17)30(32)33/h4-15,24H,3H2,1-2H3,(H,27,28). The van der Waals surface area contributed by atoms with Gasteiger partial charge in [-0.1, -0.05) is 12.1 Å². The first-order valence-corrected chi connectivity index (χ1v) is 11.1. The first-order valence-electron chi connectivity index (χ1n) is 11.1. The predicted molar refractivity (Wildman–Crippen MR) is 131 cm³/mol. The zero-order chi connectivity index (χ0) is 24.5. The molecule has 0 spiro atoms. The Morgan fingerprint density at radius 3 is 2.46 bits per heavy atom. The van der Waals surface area contributed by atoms with E-state index in [9.17, 15) is 14.9 Å². The van der Waals surface area contributed by atoms with Crippen LogP contribution in [0.4, 0.5) is 11.6 Å². The normalized spacial score (nSPS) is 14.9. The summed E-state index contributed by atoms with van der Waals surface area (Å²) >= 11 is 0. The van der Waals surface area contributed by atoms with Crippen LogP contribution in [0.3, 0.4) is 0 Å². The molecule has 2 heterocycles. The number of esters is 1. The highest BCUT2D eigenvalue weighted by Crippen LogP contribution is 2.42. The number of carbonyl (C=O) groups excluding carboxylic acids is 1. The largest absolute Gasteiger partial charge is 0.497 e. The van der Waals surface area contributed by atoms with Gasteiger partial charge in [-0.05, 0) is 66.6 Å². The summed E-state index contributed by atoms with van der Waals surface area (Å²) in [5.74, 6) is 0.744. The van der Waals surface area contributed by atoms with Crippen LogP contribution in [0.5, 0.6) is 5.75 Å². The molecule has 0 bridgehead atoms. The average Bonchev–Trinajstić information content (AvgIpc) is 3.26. The molecular formula is C26H22N4O5. The lowest BCUT2D eigenvalue weighted by Crippen LogP contribution is -2.29. The summed E-state index contributed by atoms with van der Waals surface area (Å²) in [7, 11) is 1.59. The zero-order valence-electron chi connectivity index (χ0n) is 19.1. The van der Waals surface area contributed by atoms with Crippen LogP contribution in [-0.4, -0.2) is 34.2 Å². The maximum atomic E-state index is 13.4. The molecule has 3 aromatic carbocycles. The Morgan fingerprint density at radius 1 is 1.09 bits per heavy atom. The Labute approximate surface area is 200 Å². The number of nitrogens with one attached hydrogen (secondary N) is 1. The topological polar surface area (TPSA) is 109 Å². The van der Waals surface area contributed by atoms with Crippen molar-refractivity contribution in [3.05, 3.63) is 99.6 Å². The minimum Gasteiger partial charge on any atom is -0.497 e. The van der Waals surface area contributed by atoms with E-state index >= 15 is 0 Å². The molecule has 4 aromatic rings. The number of carbonyl (C=O) groups is 1. The van der Waals surface area contributed by atoms with Crippen molar-refractivity contribution in [1.29, 1.82) is 0 Å². The fraction of sp³-hybridized carbons (Fsp3) is 0.154. The van der Waals surface area contributed by atoms with Crippen LogP contribution < -0.4 is 10.1 Å². The molecule has 0 radical (unpaired) electrons. The minimum absolute atomic E-state index is 0.0320. The number of nitro groups is 1. The van der Waals surface area contributed by atoms with E-state index in [4.69, 9.17) is 14.5 Å². The van der Waals surface area contributed by atoms with E-state index in [0.29, 0.717) is 28.5 Å². The van der Waals surface area contributed by atoms with Crippen LogP contribution in [0, 0.1) is 10.1 Å². The number of anilines is 1. The van der Waals surface area contributed by atoms with E-state index in [1.54, 1.807) is 26.2 Å². The number of ether oxygens (including phenoxy) is 2. The van der Waals surface area contributed by atoms with Crippen molar-refractivity contribution >= 4 is 34.3 Å². The molecule has 0 amide bonds. The maximum absolute atomic E-state index is 13.4. The van der Waals surface area contributed by atoms with E-state index in [-0.39, 0.29) is 12.3 Å². The van der Waals surface area contributed by atoms with Gasteiger partial charge < -0.3 is 14.8 Å². The number of aromatic nitrogens is 2. The molecule has 0 fully saturated rings. The molecule has 1 unspecified atom stereocenters. The number of fused-ring (bicyclic) bond motifs is 3. The molecular weight excluding hydrogens is 448 g/mol. The lowest BCUT2D eigenvalue weighted by molar-refractivity contribution is -0.384. The first-order chi connectivity index (χ1) is 17.0. The second kappa shape index (κ2) is 8.94. The van der Waals surface area contributed by atoms with Gasteiger partial charge in [0.2, 0.25) is 5.95 Å². The Hall–Kier alpha value is -4.66. The van der Waals surface area contributed by atoms with Crippen molar-refractivity contribution in [2.45, 2.75) is 13.0 Å². The number of rotatable bonds is 6. The number of methoxy groups -OCH3 is 1. The molecule has 176 valence electrons. The third-order valence-corrected chi connectivity index (χ3v) is 5.93. The van der Waals surface area contributed by atoms with E-state index in [0.717, 1.165) is 16.6 Å². The van der Waals surface area contributed by atoms with Crippen molar-refractivity contribution in [2.75, 3.05) is 19.0 Å². The van der Waals surface area contributed by atoms with E-state index in [1.807, 2.05) is 53.1 Å². The third kappa shape index (κ3) is 3.86. The van der Waals surface area contributed by atoms with Crippen molar-refractivity contribution in [2.24, 2.45) is 0 Å². The van der Waals surface area contributed by atoms with E-state index in [1.165, 1.54) is 12.1 Å². The van der Waals surface area contributed by atoms with Crippen LogP contribution in [0.25, 0.3) is 16.7 Å². The Balaban J connectivity index is 1.79. The number of benzene rings is 3. The second-order valence-electron chi connectivity index (χ2n) is 7.91. The van der Waals surface area contributed by atoms with Gasteiger partial charge in [0.15, 0.2) is 0 Å². The molecule has 1 aliphatic heterocycles. The monoisotopic (exact) mass is 470 g/mol. The van der Waals surface area contributed by atoms with Crippen LogP contribution in [0.15, 0.2) is 78.4 Å². The number of nitro benzene ring substituents is 1. The summed E-state index contributed by atoms with van der Waals surface area (Å²) < 4.78 is 12.7. The van der Waals surface area contributed by atoms with Crippen molar-refractivity contribution in [3.63, 3.8) is 0 Å². The Bertz CT molecular complexity index is 1460. The first kappa shape index (κ1) is 22.1. The highest BCUT2D eigenvalue weighted by Gasteiger charge is 2.37. The van der Waals surface area contributed by atoms with Crippen LogP contribution in [0.1, 0.15) is 24.1 Å². The molecule has 1 aliphatic rings. The van der Waals surface area contributed by atoms with Gasteiger partial charge in [0, 0.05) is 12.1 Å². The summed E-state index contributed by atoms with van der Waals surface area (Å²) in [6.07, 6.45) is 0. The summed E-state index contributed by atoms with van der Waals surface area (Å²) in [6, 6.07) is 20.5.